The first kappa shape index (κ1) is 10.6. The molecule has 0 aliphatic carbocycles. The van der Waals surface area contributed by atoms with E-state index in [4.69, 9.17) is 11.6 Å². The standard InChI is InChI=1S/C10H9ClO3S/c11-8-1-2-10-9(5-8)7(3-4-12)6-15(10,13)14/h1-2,4-5,7H,3,6H2. The van der Waals surface area contributed by atoms with Gasteiger partial charge in [-0.1, -0.05) is 11.6 Å². The molecule has 80 valence electrons. The lowest BCUT2D eigenvalue weighted by molar-refractivity contribution is -0.108. The second-order valence-corrected chi connectivity index (χ2v) is 6.00. The molecule has 1 atom stereocenters. The van der Waals surface area contributed by atoms with Crippen LogP contribution in [0.4, 0.5) is 0 Å². The predicted octanol–water partition coefficient (Wildman–Crippen LogP) is 1.80. The van der Waals surface area contributed by atoms with E-state index >= 15 is 0 Å². The maximum Gasteiger partial charge on any atom is 0.179 e. The van der Waals surface area contributed by atoms with Crippen LogP contribution < -0.4 is 0 Å². The maximum atomic E-state index is 11.7. The molecule has 1 aromatic carbocycles. The van der Waals surface area contributed by atoms with Gasteiger partial charge in [0.15, 0.2) is 9.84 Å². The van der Waals surface area contributed by atoms with Crippen LogP contribution in [0, 0.1) is 0 Å². The van der Waals surface area contributed by atoms with Crippen LogP contribution in [0.5, 0.6) is 0 Å². The summed E-state index contributed by atoms with van der Waals surface area (Å²) < 4.78 is 23.4. The van der Waals surface area contributed by atoms with Gasteiger partial charge in [-0.05, 0) is 23.8 Å². The van der Waals surface area contributed by atoms with Gasteiger partial charge in [0.2, 0.25) is 0 Å². The molecule has 0 aromatic heterocycles. The number of sulfone groups is 1. The first-order chi connectivity index (χ1) is 7.04. The zero-order chi connectivity index (χ0) is 11.1. The summed E-state index contributed by atoms with van der Waals surface area (Å²) in [7, 11) is -3.21. The highest BCUT2D eigenvalue weighted by molar-refractivity contribution is 7.91. The lowest BCUT2D eigenvalue weighted by atomic mass is 9.99. The van der Waals surface area contributed by atoms with Crippen LogP contribution in [0.3, 0.4) is 0 Å². The quantitative estimate of drug-likeness (QED) is 0.746. The van der Waals surface area contributed by atoms with Crippen LogP contribution in [0.1, 0.15) is 17.9 Å². The van der Waals surface area contributed by atoms with Gasteiger partial charge in [0.25, 0.3) is 0 Å². The zero-order valence-corrected chi connectivity index (χ0v) is 9.38. The summed E-state index contributed by atoms with van der Waals surface area (Å²) in [5.74, 6) is -0.220. The van der Waals surface area contributed by atoms with Gasteiger partial charge in [0, 0.05) is 17.4 Å². The van der Waals surface area contributed by atoms with Crippen LogP contribution in [0.15, 0.2) is 23.1 Å². The summed E-state index contributed by atoms with van der Waals surface area (Å²) in [6.45, 7) is 0. The van der Waals surface area contributed by atoms with Crippen molar-refractivity contribution in [2.45, 2.75) is 17.2 Å². The van der Waals surface area contributed by atoms with Crippen LogP contribution in [-0.4, -0.2) is 20.5 Å². The first-order valence-electron chi connectivity index (χ1n) is 4.50. The molecule has 1 heterocycles. The molecular formula is C10H9ClO3S. The molecule has 0 bridgehead atoms. The molecule has 1 aliphatic heterocycles. The second-order valence-electron chi connectivity index (χ2n) is 3.56. The summed E-state index contributed by atoms with van der Waals surface area (Å²) in [5.41, 5.74) is 0.676. The third kappa shape index (κ3) is 1.79. The number of benzene rings is 1. The van der Waals surface area contributed by atoms with E-state index in [2.05, 4.69) is 0 Å². The van der Waals surface area contributed by atoms with Crippen molar-refractivity contribution in [3.05, 3.63) is 28.8 Å². The first-order valence-corrected chi connectivity index (χ1v) is 6.53. The van der Waals surface area contributed by atoms with Crippen molar-refractivity contribution in [1.29, 1.82) is 0 Å². The smallest absolute Gasteiger partial charge is 0.179 e. The van der Waals surface area contributed by atoms with E-state index in [0.29, 0.717) is 15.5 Å². The number of carbonyl (C=O) groups excluding carboxylic acids is 1. The minimum atomic E-state index is -3.21. The summed E-state index contributed by atoms with van der Waals surface area (Å²) in [4.78, 5) is 10.8. The normalized spacial score (nSPS) is 22.3. The largest absolute Gasteiger partial charge is 0.303 e. The molecule has 0 fully saturated rings. The van der Waals surface area contributed by atoms with Crippen molar-refractivity contribution >= 4 is 27.7 Å². The van der Waals surface area contributed by atoms with Crippen LogP contribution >= 0.6 is 11.6 Å². The van der Waals surface area contributed by atoms with Gasteiger partial charge >= 0.3 is 0 Å². The fourth-order valence-corrected chi connectivity index (χ4v) is 3.94. The maximum absolute atomic E-state index is 11.7. The fraction of sp³-hybridized carbons (Fsp3) is 0.300. The topological polar surface area (TPSA) is 51.2 Å². The minimum Gasteiger partial charge on any atom is -0.303 e. The van der Waals surface area contributed by atoms with Crippen molar-refractivity contribution in [2.75, 3.05) is 5.75 Å². The summed E-state index contributed by atoms with van der Waals surface area (Å²) >= 11 is 5.80. The van der Waals surface area contributed by atoms with Gasteiger partial charge in [-0.15, -0.1) is 0 Å². The number of aldehydes is 1. The van der Waals surface area contributed by atoms with Crippen molar-refractivity contribution in [2.24, 2.45) is 0 Å². The molecule has 0 amide bonds. The number of carbonyl (C=O) groups is 1. The van der Waals surface area contributed by atoms with Crippen LogP contribution in [0.25, 0.3) is 0 Å². The van der Waals surface area contributed by atoms with Crippen LogP contribution in [-0.2, 0) is 14.6 Å². The lowest BCUT2D eigenvalue weighted by Gasteiger charge is -2.04. The van der Waals surface area contributed by atoms with E-state index in [-0.39, 0.29) is 18.1 Å². The molecule has 5 heteroatoms. The Labute approximate surface area is 93.0 Å². The molecule has 0 radical (unpaired) electrons. The Kier molecular flexibility index (Phi) is 2.56. The molecule has 2 rings (SSSR count). The van der Waals surface area contributed by atoms with Crippen molar-refractivity contribution in [1.82, 2.24) is 0 Å². The molecule has 0 saturated heterocycles. The number of rotatable bonds is 2. The molecule has 0 N–H and O–H groups in total. The SMILES string of the molecule is O=CCC1CS(=O)(=O)c2ccc(Cl)cc21. The van der Waals surface area contributed by atoms with Gasteiger partial charge in [0.1, 0.15) is 6.29 Å². The van der Waals surface area contributed by atoms with Crippen molar-refractivity contribution < 1.29 is 13.2 Å². The Morgan fingerprint density at radius 2 is 2.20 bits per heavy atom. The molecule has 15 heavy (non-hydrogen) atoms. The number of hydrogen-bond acceptors (Lipinski definition) is 3. The molecule has 1 aromatic rings. The van der Waals surface area contributed by atoms with E-state index in [1.54, 1.807) is 12.1 Å². The number of halogens is 1. The van der Waals surface area contributed by atoms with E-state index in [1.165, 1.54) is 6.07 Å². The summed E-state index contributed by atoms with van der Waals surface area (Å²) in [6, 6.07) is 4.70. The zero-order valence-electron chi connectivity index (χ0n) is 7.81. The monoisotopic (exact) mass is 244 g/mol. The molecular weight excluding hydrogens is 236 g/mol. The van der Waals surface area contributed by atoms with E-state index in [1.807, 2.05) is 0 Å². The lowest BCUT2D eigenvalue weighted by Crippen LogP contribution is -2.03. The average Bonchev–Trinajstić information content (AvgIpc) is 2.39. The van der Waals surface area contributed by atoms with Gasteiger partial charge in [-0.25, -0.2) is 8.42 Å². The van der Waals surface area contributed by atoms with Gasteiger partial charge < -0.3 is 4.79 Å². The third-order valence-corrected chi connectivity index (χ3v) is 4.67. The Balaban J connectivity index is 2.58. The molecule has 1 aliphatic rings. The van der Waals surface area contributed by atoms with Crippen LogP contribution in [0.2, 0.25) is 5.02 Å². The highest BCUT2D eigenvalue weighted by Gasteiger charge is 2.34. The minimum absolute atomic E-state index is 0.0153. The third-order valence-electron chi connectivity index (χ3n) is 2.55. The van der Waals surface area contributed by atoms with Gasteiger partial charge in [-0.2, -0.15) is 0 Å². The highest BCUT2D eigenvalue weighted by atomic mass is 35.5. The van der Waals surface area contributed by atoms with E-state index in [9.17, 15) is 13.2 Å². The van der Waals surface area contributed by atoms with Gasteiger partial charge in [-0.3, -0.25) is 0 Å². The fourth-order valence-electron chi connectivity index (χ4n) is 1.88. The average molecular weight is 245 g/mol. The molecule has 0 saturated carbocycles. The Bertz CT molecular complexity index is 507. The van der Waals surface area contributed by atoms with Crippen molar-refractivity contribution in [3.8, 4) is 0 Å². The highest BCUT2D eigenvalue weighted by Crippen LogP contribution is 2.37. The molecule has 0 spiro atoms. The molecule has 3 nitrogen and oxygen atoms in total. The van der Waals surface area contributed by atoms with Crippen molar-refractivity contribution in [3.63, 3.8) is 0 Å². The second kappa shape index (κ2) is 3.61. The van der Waals surface area contributed by atoms with E-state index < -0.39 is 9.84 Å². The summed E-state index contributed by atoms with van der Waals surface area (Å²) in [6.07, 6.45) is 0.975. The predicted molar refractivity (Wildman–Crippen MR) is 56.9 cm³/mol. The Morgan fingerprint density at radius 1 is 1.47 bits per heavy atom. The summed E-state index contributed by atoms with van der Waals surface area (Å²) in [5, 5.41) is 0.502. The Morgan fingerprint density at radius 3 is 2.87 bits per heavy atom. The van der Waals surface area contributed by atoms with Gasteiger partial charge in [0.05, 0.1) is 10.6 Å². The number of hydrogen-bond donors (Lipinski definition) is 0. The molecule has 1 unspecified atom stereocenters. The van der Waals surface area contributed by atoms with E-state index in [0.717, 1.165) is 6.29 Å². The Hall–Kier alpha value is -0.870. The number of fused-ring (bicyclic) bond motifs is 1.